The van der Waals surface area contributed by atoms with Crippen molar-refractivity contribution in [3.63, 3.8) is 0 Å². The minimum Gasteiger partial charge on any atom is -0.491 e. The van der Waals surface area contributed by atoms with Crippen LogP contribution in [0, 0.1) is 5.92 Å². The number of hydrogen-bond donors (Lipinski definition) is 1. The van der Waals surface area contributed by atoms with Gasteiger partial charge in [-0.25, -0.2) is 0 Å². The summed E-state index contributed by atoms with van der Waals surface area (Å²) in [6.45, 7) is 3.52. The summed E-state index contributed by atoms with van der Waals surface area (Å²) in [5.74, 6) is 1.38. The summed E-state index contributed by atoms with van der Waals surface area (Å²) in [5.41, 5.74) is 0.835. The van der Waals surface area contributed by atoms with Crippen LogP contribution in [-0.2, 0) is 13.2 Å². The second-order valence-corrected chi connectivity index (χ2v) is 6.13. The Labute approximate surface area is 130 Å². The van der Waals surface area contributed by atoms with Crippen LogP contribution in [0.4, 0.5) is 0 Å². The fraction of sp³-hybridized carbons (Fsp3) is 0.500. The number of nitrogens with zero attached hydrogens (tertiary/aromatic N) is 1. The molecule has 22 heavy (non-hydrogen) atoms. The fourth-order valence-corrected chi connectivity index (χ4v) is 2.66. The maximum absolute atomic E-state index is 12.6. The highest BCUT2D eigenvalue weighted by Gasteiger charge is 2.23. The molecule has 0 aliphatic heterocycles. The first kappa shape index (κ1) is 15.1. The Morgan fingerprint density at radius 1 is 1.32 bits per heavy atom. The molecule has 0 bridgehead atoms. The molecule has 1 N–H and O–H groups in total. The van der Waals surface area contributed by atoms with Gasteiger partial charge in [0, 0.05) is 18.1 Å². The summed E-state index contributed by atoms with van der Waals surface area (Å²) < 4.78 is 7.71. The molecule has 1 aliphatic rings. The molecule has 1 fully saturated rings. The van der Waals surface area contributed by atoms with Crippen molar-refractivity contribution in [2.45, 2.75) is 45.8 Å². The monoisotopic (exact) mass is 301 g/mol. The third-order valence-electron chi connectivity index (χ3n) is 4.20. The Bertz CT molecular complexity index is 716. The number of aliphatic hydroxyl groups is 1. The van der Waals surface area contributed by atoms with Crippen molar-refractivity contribution < 1.29 is 9.84 Å². The highest BCUT2D eigenvalue weighted by atomic mass is 16.5. The molecule has 0 atom stereocenters. The molecule has 1 aliphatic carbocycles. The molecule has 0 saturated heterocycles. The average molecular weight is 301 g/mol. The lowest BCUT2D eigenvalue weighted by molar-refractivity contribution is 0.282. The van der Waals surface area contributed by atoms with Crippen LogP contribution in [0.2, 0.25) is 0 Å². The Kier molecular flexibility index (Phi) is 4.48. The van der Waals surface area contributed by atoms with Crippen LogP contribution in [0.25, 0.3) is 10.8 Å². The van der Waals surface area contributed by atoms with Gasteiger partial charge in [-0.05, 0) is 42.9 Å². The van der Waals surface area contributed by atoms with E-state index < -0.39 is 0 Å². The third kappa shape index (κ3) is 3.17. The van der Waals surface area contributed by atoms with Crippen molar-refractivity contribution in [3.8, 4) is 5.75 Å². The molecule has 1 aromatic heterocycles. The largest absolute Gasteiger partial charge is 0.491 e. The van der Waals surface area contributed by atoms with E-state index in [0.717, 1.165) is 36.1 Å². The molecular weight excluding hydrogens is 278 g/mol. The minimum atomic E-state index is -0.0322. The van der Waals surface area contributed by atoms with E-state index in [1.54, 1.807) is 16.7 Å². The van der Waals surface area contributed by atoms with E-state index >= 15 is 0 Å². The van der Waals surface area contributed by atoms with E-state index in [2.05, 4.69) is 6.92 Å². The van der Waals surface area contributed by atoms with Crippen LogP contribution in [0.1, 0.15) is 38.2 Å². The topological polar surface area (TPSA) is 51.5 Å². The van der Waals surface area contributed by atoms with Crippen LogP contribution in [-0.4, -0.2) is 16.3 Å². The first-order valence-corrected chi connectivity index (χ1v) is 8.12. The lowest BCUT2D eigenvalue weighted by atomic mass is 10.1. The van der Waals surface area contributed by atoms with Gasteiger partial charge in [-0.15, -0.1) is 0 Å². The standard InChI is InChI=1S/C18H23NO3/c1-2-3-8-22-17-11-19(10-13-4-5-13)18(21)15-7-6-14(12-20)9-16(15)17/h6-7,9,11,13,20H,2-5,8,10,12H2,1H3. The van der Waals surface area contributed by atoms with Gasteiger partial charge in [0.2, 0.25) is 0 Å². The van der Waals surface area contributed by atoms with E-state index in [-0.39, 0.29) is 12.2 Å². The fourth-order valence-electron chi connectivity index (χ4n) is 2.66. The zero-order chi connectivity index (χ0) is 15.5. The third-order valence-corrected chi connectivity index (χ3v) is 4.20. The van der Waals surface area contributed by atoms with Crippen LogP contribution in [0.3, 0.4) is 0 Å². The van der Waals surface area contributed by atoms with Gasteiger partial charge in [0.25, 0.3) is 5.56 Å². The number of aromatic nitrogens is 1. The second-order valence-electron chi connectivity index (χ2n) is 6.13. The first-order chi connectivity index (χ1) is 10.7. The van der Waals surface area contributed by atoms with E-state index in [0.29, 0.717) is 17.9 Å². The molecule has 0 unspecified atom stereocenters. The summed E-state index contributed by atoms with van der Waals surface area (Å²) >= 11 is 0. The molecule has 4 heteroatoms. The number of hydrogen-bond acceptors (Lipinski definition) is 3. The van der Waals surface area contributed by atoms with Gasteiger partial charge in [0.05, 0.1) is 18.6 Å². The van der Waals surface area contributed by atoms with E-state index in [4.69, 9.17) is 4.74 Å². The number of ether oxygens (including phenoxy) is 1. The van der Waals surface area contributed by atoms with Crippen LogP contribution >= 0.6 is 0 Å². The highest BCUT2D eigenvalue weighted by molar-refractivity contribution is 5.87. The SMILES string of the molecule is CCCCOc1cn(CC2CC2)c(=O)c2ccc(CO)cc12. The summed E-state index contributed by atoms with van der Waals surface area (Å²) in [7, 11) is 0. The molecule has 1 aromatic carbocycles. The Morgan fingerprint density at radius 3 is 2.82 bits per heavy atom. The highest BCUT2D eigenvalue weighted by Crippen LogP contribution is 2.31. The smallest absolute Gasteiger partial charge is 0.258 e. The quantitative estimate of drug-likeness (QED) is 0.800. The summed E-state index contributed by atoms with van der Waals surface area (Å²) in [4.78, 5) is 12.6. The molecule has 1 saturated carbocycles. The number of benzene rings is 1. The van der Waals surface area contributed by atoms with Crippen molar-refractivity contribution in [1.82, 2.24) is 4.57 Å². The van der Waals surface area contributed by atoms with Gasteiger partial charge in [-0.2, -0.15) is 0 Å². The predicted octanol–water partition coefficient (Wildman–Crippen LogP) is 3.08. The van der Waals surface area contributed by atoms with Crippen LogP contribution in [0.15, 0.2) is 29.2 Å². The zero-order valence-corrected chi connectivity index (χ0v) is 13.0. The van der Waals surface area contributed by atoms with Gasteiger partial charge in [-0.3, -0.25) is 4.79 Å². The van der Waals surface area contributed by atoms with Gasteiger partial charge in [0.15, 0.2) is 0 Å². The lowest BCUT2D eigenvalue weighted by Crippen LogP contribution is -2.21. The Hall–Kier alpha value is -1.81. The Balaban J connectivity index is 2.05. The number of pyridine rings is 1. The summed E-state index contributed by atoms with van der Waals surface area (Å²) in [6.07, 6.45) is 6.32. The zero-order valence-electron chi connectivity index (χ0n) is 13.0. The van der Waals surface area contributed by atoms with Gasteiger partial charge < -0.3 is 14.4 Å². The molecule has 1 heterocycles. The van der Waals surface area contributed by atoms with E-state index in [1.165, 1.54) is 12.8 Å². The minimum absolute atomic E-state index is 0.0322. The normalized spacial score (nSPS) is 14.5. The summed E-state index contributed by atoms with van der Waals surface area (Å²) in [6, 6.07) is 5.47. The number of unbranched alkanes of at least 4 members (excludes halogenated alkanes) is 1. The maximum Gasteiger partial charge on any atom is 0.258 e. The van der Waals surface area contributed by atoms with Crippen molar-refractivity contribution in [1.29, 1.82) is 0 Å². The predicted molar refractivity (Wildman–Crippen MR) is 87.3 cm³/mol. The van der Waals surface area contributed by atoms with E-state index in [9.17, 15) is 9.90 Å². The van der Waals surface area contributed by atoms with E-state index in [1.807, 2.05) is 12.3 Å². The van der Waals surface area contributed by atoms with Crippen molar-refractivity contribution in [2.24, 2.45) is 5.92 Å². The lowest BCUT2D eigenvalue weighted by Gasteiger charge is -2.14. The molecule has 3 rings (SSSR count). The summed E-state index contributed by atoms with van der Waals surface area (Å²) in [5, 5.41) is 10.8. The second kappa shape index (κ2) is 6.53. The van der Waals surface area contributed by atoms with Crippen LogP contribution in [0.5, 0.6) is 5.75 Å². The van der Waals surface area contributed by atoms with Gasteiger partial charge >= 0.3 is 0 Å². The van der Waals surface area contributed by atoms with Gasteiger partial charge in [-0.1, -0.05) is 19.4 Å². The van der Waals surface area contributed by atoms with Gasteiger partial charge in [0.1, 0.15) is 5.75 Å². The molecular formula is C18H23NO3. The van der Waals surface area contributed by atoms with Crippen molar-refractivity contribution in [2.75, 3.05) is 6.61 Å². The first-order valence-electron chi connectivity index (χ1n) is 8.12. The molecule has 0 radical (unpaired) electrons. The average Bonchev–Trinajstić information content (AvgIpc) is 3.35. The molecule has 118 valence electrons. The van der Waals surface area contributed by atoms with Crippen molar-refractivity contribution >= 4 is 10.8 Å². The number of aliphatic hydroxyl groups excluding tert-OH is 1. The van der Waals surface area contributed by atoms with Crippen LogP contribution < -0.4 is 10.3 Å². The molecule has 0 spiro atoms. The molecule has 0 amide bonds. The molecule has 4 nitrogen and oxygen atoms in total. The number of fused-ring (bicyclic) bond motifs is 1. The maximum atomic E-state index is 12.6. The number of rotatable bonds is 7. The van der Waals surface area contributed by atoms with Crippen molar-refractivity contribution in [3.05, 3.63) is 40.3 Å². The molecule has 2 aromatic rings. The Morgan fingerprint density at radius 2 is 2.14 bits per heavy atom.